The minimum Gasteiger partial charge on any atom is -0.0881 e. The minimum absolute atomic E-state index is 0.245. The Morgan fingerprint density at radius 2 is 1.15 bits per heavy atom. The molecule has 0 radical (unpaired) electrons. The third kappa shape index (κ3) is 3.18. The molecular weight excluding hydrogens is 513 g/mol. The molecule has 0 amide bonds. The van der Waals surface area contributed by atoms with Crippen LogP contribution in [0.2, 0.25) is 0 Å². The largest absolute Gasteiger partial charge is 0.0881 e. The highest BCUT2D eigenvalue weighted by atomic mass is 32.2. The lowest BCUT2D eigenvalue weighted by Gasteiger charge is -2.29. The summed E-state index contributed by atoms with van der Waals surface area (Å²) in [5.74, 6) is 0. The molecule has 0 bridgehead atoms. The van der Waals surface area contributed by atoms with Gasteiger partial charge in [0.25, 0.3) is 0 Å². The van der Waals surface area contributed by atoms with Crippen molar-refractivity contribution in [2.45, 2.75) is 22.1 Å². The lowest BCUT2D eigenvalue weighted by Crippen LogP contribution is -2.22. The molecule has 0 aromatic heterocycles. The van der Waals surface area contributed by atoms with Crippen LogP contribution in [-0.2, 0) is 5.41 Å². The van der Waals surface area contributed by atoms with Gasteiger partial charge < -0.3 is 0 Å². The highest BCUT2D eigenvalue weighted by molar-refractivity contribution is 8.00. The summed E-state index contributed by atoms with van der Waals surface area (Å²) in [6.45, 7) is 2.42. The molecule has 1 heteroatoms. The van der Waals surface area contributed by atoms with Gasteiger partial charge in [0.2, 0.25) is 0 Å². The van der Waals surface area contributed by atoms with E-state index >= 15 is 0 Å². The Balaban J connectivity index is 1.31. The van der Waals surface area contributed by atoms with Gasteiger partial charge in [0.1, 0.15) is 0 Å². The van der Waals surface area contributed by atoms with Crippen LogP contribution in [0.25, 0.3) is 54.9 Å². The van der Waals surface area contributed by atoms with Gasteiger partial charge in [-0.05, 0) is 97.4 Å². The second-order valence-electron chi connectivity index (χ2n) is 11.4. The molecule has 1 unspecified atom stereocenters. The van der Waals surface area contributed by atoms with E-state index in [1.807, 2.05) is 11.8 Å². The van der Waals surface area contributed by atoms with Crippen LogP contribution in [0.15, 0.2) is 149 Å². The Morgan fingerprint density at radius 3 is 2.02 bits per heavy atom. The molecule has 9 rings (SSSR count). The van der Waals surface area contributed by atoms with Crippen LogP contribution < -0.4 is 0 Å². The van der Waals surface area contributed by atoms with E-state index in [-0.39, 0.29) is 5.41 Å². The molecule has 2 aliphatic rings. The molecule has 1 atom stereocenters. The first-order valence-corrected chi connectivity index (χ1v) is 15.1. The van der Waals surface area contributed by atoms with Crippen LogP contribution in [0.3, 0.4) is 0 Å². The summed E-state index contributed by atoms with van der Waals surface area (Å²) >= 11 is 1.91. The van der Waals surface area contributed by atoms with E-state index in [0.717, 1.165) is 0 Å². The van der Waals surface area contributed by atoms with Gasteiger partial charge in [0, 0.05) is 20.6 Å². The number of rotatable bonds is 2. The first kappa shape index (κ1) is 23.1. The molecule has 41 heavy (non-hydrogen) atoms. The average molecular weight is 539 g/mol. The Labute approximate surface area is 244 Å². The fraction of sp³-hybridized carbons (Fsp3) is 0.0500. The standard InChI is InChI=1S/C40H26S/c1-40(29-13-3-2-4-14-29)35-24-28(19-21-31(35)34-22-26-10-5-6-11-27(26)23-36(34)40)30-20-18-25-12-9-16-33-32-15-7-8-17-37(32)41-39(30)38(25)33/h2-24H,1H3. The second kappa shape index (κ2) is 8.46. The fourth-order valence-corrected chi connectivity index (χ4v) is 8.54. The molecule has 7 aromatic rings. The zero-order chi connectivity index (χ0) is 27.1. The summed E-state index contributed by atoms with van der Waals surface area (Å²) in [6, 6.07) is 52.0. The summed E-state index contributed by atoms with van der Waals surface area (Å²) in [6.07, 6.45) is 0. The molecule has 192 valence electrons. The summed E-state index contributed by atoms with van der Waals surface area (Å²) in [5, 5.41) is 5.26. The number of hydrogen-bond acceptors (Lipinski definition) is 1. The van der Waals surface area contributed by atoms with Crippen molar-refractivity contribution >= 4 is 33.3 Å². The predicted octanol–water partition coefficient (Wildman–Crippen LogP) is 11.1. The van der Waals surface area contributed by atoms with Gasteiger partial charge in [-0.1, -0.05) is 127 Å². The summed E-state index contributed by atoms with van der Waals surface area (Å²) in [4.78, 5) is 2.69. The minimum atomic E-state index is -0.245. The summed E-state index contributed by atoms with van der Waals surface area (Å²) in [7, 11) is 0. The molecule has 0 N–H and O–H groups in total. The molecule has 0 saturated heterocycles. The van der Waals surface area contributed by atoms with E-state index in [9.17, 15) is 0 Å². The van der Waals surface area contributed by atoms with Crippen LogP contribution in [0.1, 0.15) is 23.6 Å². The van der Waals surface area contributed by atoms with Crippen LogP contribution in [0.5, 0.6) is 0 Å². The molecule has 1 aliphatic carbocycles. The van der Waals surface area contributed by atoms with E-state index in [1.165, 1.54) is 81.4 Å². The maximum absolute atomic E-state index is 2.48. The Kier molecular flexibility index (Phi) is 4.77. The predicted molar refractivity (Wildman–Crippen MR) is 174 cm³/mol. The topological polar surface area (TPSA) is 0 Å². The van der Waals surface area contributed by atoms with E-state index in [4.69, 9.17) is 0 Å². The SMILES string of the molecule is CC1(c2ccccc2)c2cc(-c3ccc4cccc5c4c3Sc3ccccc3-5)ccc2-c2cc3ccccc3cc21. The first-order valence-electron chi connectivity index (χ1n) is 14.3. The van der Waals surface area contributed by atoms with Crippen molar-refractivity contribution < 1.29 is 0 Å². The molecule has 0 spiro atoms. The van der Waals surface area contributed by atoms with Crippen LogP contribution in [0.4, 0.5) is 0 Å². The van der Waals surface area contributed by atoms with Crippen LogP contribution in [0, 0.1) is 0 Å². The van der Waals surface area contributed by atoms with E-state index in [0.29, 0.717) is 0 Å². The molecule has 7 aromatic carbocycles. The normalized spacial score (nSPS) is 16.4. The highest BCUT2D eigenvalue weighted by Gasteiger charge is 2.41. The van der Waals surface area contributed by atoms with Crippen LogP contribution in [-0.4, -0.2) is 0 Å². The van der Waals surface area contributed by atoms with Gasteiger partial charge in [-0.3, -0.25) is 0 Å². The Hall–Kier alpha value is -4.59. The fourth-order valence-electron chi connectivity index (χ4n) is 7.26. The third-order valence-electron chi connectivity index (χ3n) is 9.32. The zero-order valence-corrected chi connectivity index (χ0v) is 23.5. The first-order chi connectivity index (χ1) is 20.2. The lowest BCUT2D eigenvalue weighted by atomic mass is 9.73. The van der Waals surface area contributed by atoms with Gasteiger partial charge in [-0.25, -0.2) is 0 Å². The van der Waals surface area contributed by atoms with Gasteiger partial charge in [-0.15, -0.1) is 0 Å². The summed E-state index contributed by atoms with van der Waals surface area (Å²) < 4.78 is 0. The van der Waals surface area contributed by atoms with Crippen molar-refractivity contribution in [1.82, 2.24) is 0 Å². The van der Waals surface area contributed by atoms with Gasteiger partial charge >= 0.3 is 0 Å². The van der Waals surface area contributed by atoms with Gasteiger partial charge in [-0.2, -0.15) is 0 Å². The third-order valence-corrected chi connectivity index (χ3v) is 10.5. The van der Waals surface area contributed by atoms with Crippen molar-refractivity contribution in [2.24, 2.45) is 0 Å². The van der Waals surface area contributed by atoms with Gasteiger partial charge in [0.05, 0.1) is 0 Å². The van der Waals surface area contributed by atoms with Crippen molar-refractivity contribution in [3.05, 3.63) is 156 Å². The summed E-state index contributed by atoms with van der Waals surface area (Å²) in [5.41, 5.74) is 11.8. The molecular formula is C40H26S. The number of hydrogen-bond donors (Lipinski definition) is 0. The highest BCUT2D eigenvalue weighted by Crippen LogP contribution is 2.56. The second-order valence-corrected chi connectivity index (χ2v) is 12.5. The van der Waals surface area contributed by atoms with E-state index in [1.54, 1.807) is 0 Å². The number of fused-ring (bicyclic) bond motifs is 6. The Bertz CT molecular complexity index is 2190. The van der Waals surface area contributed by atoms with Crippen molar-refractivity contribution in [1.29, 1.82) is 0 Å². The van der Waals surface area contributed by atoms with Gasteiger partial charge in [0.15, 0.2) is 0 Å². The van der Waals surface area contributed by atoms with E-state index in [2.05, 4.69) is 146 Å². The van der Waals surface area contributed by atoms with Crippen LogP contribution >= 0.6 is 11.8 Å². The average Bonchev–Trinajstić information content (AvgIpc) is 3.28. The molecule has 1 aliphatic heterocycles. The van der Waals surface area contributed by atoms with E-state index < -0.39 is 0 Å². The maximum atomic E-state index is 2.48. The maximum Gasteiger partial charge on any atom is 0.0435 e. The van der Waals surface area contributed by atoms with Crippen molar-refractivity contribution in [2.75, 3.05) is 0 Å². The lowest BCUT2D eigenvalue weighted by molar-refractivity contribution is 0.715. The number of benzene rings is 7. The monoisotopic (exact) mass is 538 g/mol. The quantitative estimate of drug-likeness (QED) is 0.211. The molecule has 0 saturated carbocycles. The zero-order valence-electron chi connectivity index (χ0n) is 22.7. The smallest absolute Gasteiger partial charge is 0.0435 e. The molecule has 0 fully saturated rings. The molecule has 1 heterocycles. The molecule has 0 nitrogen and oxygen atoms in total. The van der Waals surface area contributed by atoms with Crippen molar-refractivity contribution in [3.8, 4) is 33.4 Å². The Morgan fingerprint density at radius 1 is 0.463 bits per heavy atom. The van der Waals surface area contributed by atoms with Crippen molar-refractivity contribution in [3.63, 3.8) is 0 Å².